The molecule has 216 valence electrons. The lowest BCUT2D eigenvalue weighted by molar-refractivity contribution is -0.0511. The highest BCUT2D eigenvalue weighted by Crippen LogP contribution is 2.66. The summed E-state index contributed by atoms with van der Waals surface area (Å²) in [6.45, 7) is 0.719. The zero-order valence-electron chi connectivity index (χ0n) is 19.9. The SMILES string of the molecule is CC(N)c1ccccc1C(=O)O[C@@H]1C[C@H](n2ccc(N)nc2=O)OC1COP(=O)(O)OP(=O)(O)OP(=O)(O)O. The number of rotatable bonds is 11. The summed E-state index contributed by atoms with van der Waals surface area (Å²) < 4.78 is 58.8. The minimum Gasteiger partial charge on any atom is -0.456 e. The molecule has 0 saturated carbocycles. The number of nitrogens with zero attached hydrogens (tertiary/aromatic N) is 2. The van der Waals surface area contributed by atoms with Crippen LogP contribution in [0.2, 0.25) is 0 Å². The highest BCUT2D eigenvalue weighted by atomic mass is 31.3. The molecule has 0 spiro atoms. The maximum atomic E-state index is 13.0. The van der Waals surface area contributed by atoms with Crippen molar-refractivity contribution in [2.24, 2.45) is 5.73 Å². The fourth-order valence-electron chi connectivity index (χ4n) is 3.54. The topological polar surface area (TPSA) is 282 Å². The van der Waals surface area contributed by atoms with E-state index in [2.05, 4.69) is 18.1 Å². The van der Waals surface area contributed by atoms with Crippen LogP contribution in [0.3, 0.4) is 0 Å². The Morgan fingerprint density at radius 2 is 1.82 bits per heavy atom. The predicted octanol–water partition coefficient (Wildman–Crippen LogP) is 0.702. The molecule has 1 fully saturated rings. The zero-order chi connectivity index (χ0) is 29.2. The number of nitrogen functional groups attached to an aromatic ring is 1. The monoisotopic (exact) mass is 614 g/mol. The minimum atomic E-state index is -5.77. The largest absolute Gasteiger partial charge is 0.490 e. The molecule has 39 heavy (non-hydrogen) atoms. The predicted molar refractivity (Wildman–Crippen MR) is 130 cm³/mol. The third-order valence-corrected chi connectivity index (χ3v) is 8.89. The summed E-state index contributed by atoms with van der Waals surface area (Å²) in [5.74, 6) is -0.919. The number of hydrogen-bond donors (Lipinski definition) is 6. The first-order valence-corrected chi connectivity index (χ1v) is 15.3. The van der Waals surface area contributed by atoms with Crippen LogP contribution in [0.4, 0.5) is 5.82 Å². The Kier molecular flexibility index (Phi) is 9.66. The van der Waals surface area contributed by atoms with Crippen LogP contribution < -0.4 is 17.2 Å². The molecule has 6 atom stereocenters. The van der Waals surface area contributed by atoms with E-state index in [4.69, 9.17) is 30.7 Å². The van der Waals surface area contributed by atoms with Gasteiger partial charge in [0.25, 0.3) is 0 Å². The van der Waals surface area contributed by atoms with E-state index >= 15 is 0 Å². The Labute approximate surface area is 219 Å². The molecule has 0 radical (unpaired) electrons. The van der Waals surface area contributed by atoms with Gasteiger partial charge >= 0.3 is 35.1 Å². The van der Waals surface area contributed by atoms with Gasteiger partial charge in [-0.3, -0.25) is 9.09 Å². The lowest BCUT2D eigenvalue weighted by atomic mass is 10.0. The molecule has 1 aliphatic heterocycles. The fraction of sp³-hybridized carbons (Fsp3) is 0.389. The molecule has 1 saturated heterocycles. The van der Waals surface area contributed by atoms with Crippen molar-refractivity contribution in [3.05, 3.63) is 58.1 Å². The third-order valence-electron chi connectivity index (χ3n) is 5.09. The summed E-state index contributed by atoms with van der Waals surface area (Å²) in [6, 6.07) is 7.07. The Bertz CT molecular complexity index is 1410. The van der Waals surface area contributed by atoms with E-state index in [1.807, 2.05) is 0 Å². The lowest BCUT2D eigenvalue weighted by Crippen LogP contribution is -2.31. The standard InChI is InChI=1S/C18H25N4O14P3/c1-10(19)11-4-2-3-5-12(11)17(23)34-13-8-16(22-7-6-15(20)21-18(22)24)33-14(13)9-32-38(28,29)36-39(30,31)35-37(25,26)27/h2-7,10,13-14,16H,8-9,19H2,1H3,(H,28,29)(H,30,31)(H2,20,21,24)(H2,25,26,27)/t10?,13-,14?,16-/m1/s1. The summed E-state index contributed by atoms with van der Waals surface area (Å²) in [5.41, 5.74) is 11.2. The smallest absolute Gasteiger partial charge is 0.456 e. The molecule has 2 heterocycles. The number of carbonyl (C=O) groups excluding carboxylic acids is 1. The van der Waals surface area contributed by atoms with Gasteiger partial charge in [0.05, 0.1) is 12.2 Å². The molecule has 1 aliphatic rings. The average Bonchev–Trinajstić information content (AvgIpc) is 3.17. The molecule has 1 aromatic carbocycles. The van der Waals surface area contributed by atoms with Crippen molar-refractivity contribution in [1.29, 1.82) is 0 Å². The average molecular weight is 614 g/mol. The van der Waals surface area contributed by atoms with E-state index in [1.54, 1.807) is 25.1 Å². The number of nitrogens with two attached hydrogens (primary N) is 2. The van der Waals surface area contributed by atoms with Crippen molar-refractivity contribution < 1.29 is 60.7 Å². The van der Waals surface area contributed by atoms with Crippen LogP contribution in [0.25, 0.3) is 0 Å². The normalized spacial score (nSPS) is 23.5. The first-order valence-electron chi connectivity index (χ1n) is 10.8. The van der Waals surface area contributed by atoms with Crippen LogP contribution in [0.1, 0.15) is 41.5 Å². The number of hydrogen-bond acceptors (Lipinski definition) is 13. The summed E-state index contributed by atoms with van der Waals surface area (Å²) in [6.07, 6.45) is -2.63. The van der Waals surface area contributed by atoms with Gasteiger partial charge in [-0.25, -0.2) is 23.3 Å². The van der Waals surface area contributed by atoms with E-state index in [1.165, 1.54) is 18.3 Å². The van der Waals surface area contributed by atoms with Crippen LogP contribution in [-0.2, 0) is 36.3 Å². The Hall–Kier alpha value is -2.30. The maximum absolute atomic E-state index is 13.0. The fourth-order valence-corrected chi connectivity index (χ4v) is 6.57. The van der Waals surface area contributed by atoms with Gasteiger partial charge in [0, 0.05) is 18.7 Å². The van der Waals surface area contributed by atoms with Gasteiger partial charge < -0.3 is 40.5 Å². The third kappa shape index (κ3) is 8.85. The summed E-state index contributed by atoms with van der Waals surface area (Å²) in [5, 5.41) is 0. The van der Waals surface area contributed by atoms with E-state index in [-0.39, 0.29) is 17.8 Å². The van der Waals surface area contributed by atoms with Crippen LogP contribution in [0.5, 0.6) is 0 Å². The molecule has 8 N–H and O–H groups in total. The first kappa shape index (κ1) is 31.2. The zero-order valence-corrected chi connectivity index (χ0v) is 22.6. The van der Waals surface area contributed by atoms with Crippen molar-refractivity contribution in [3.63, 3.8) is 0 Å². The number of anilines is 1. The number of phosphoric acid groups is 3. The number of aromatic nitrogens is 2. The molecule has 21 heteroatoms. The molecule has 0 amide bonds. The highest BCUT2D eigenvalue weighted by molar-refractivity contribution is 7.66. The molecule has 3 rings (SSSR count). The van der Waals surface area contributed by atoms with Gasteiger partial charge in [0.15, 0.2) is 0 Å². The molecule has 2 aromatic rings. The Morgan fingerprint density at radius 3 is 2.44 bits per heavy atom. The number of ether oxygens (including phenoxy) is 2. The molecular formula is C18H25N4O14P3. The molecular weight excluding hydrogens is 589 g/mol. The Morgan fingerprint density at radius 1 is 1.15 bits per heavy atom. The van der Waals surface area contributed by atoms with Crippen LogP contribution >= 0.6 is 23.5 Å². The summed E-state index contributed by atoms with van der Waals surface area (Å²) in [4.78, 5) is 65.3. The number of esters is 1. The van der Waals surface area contributed by atoms with Crippen LogP contribution in [0, 0.1) is 0 Å². The second kappa shape index (κ2) is 12.1. The molecule has 0 aliphatic carbocycles. The minimum absolute atomic E-state index is 0.0751. The lowest BCUT2D eigenvalue weighted by Gasteiger charge is -2.21. The quantitative estimate of drug-likeness (QED) is 0.150. The second-order valence-corrected chi connectivity index (χ2v) is 12.5. The van der Waals surface area contributed by atoms with Gasteiger partial charge in [-0.05, 0) is 24.6 Å². The van der Waals surface area contributed by atoms with E-state index in [0.29, 0.717) is 5.56 Å². The van der Waals surface area contributed by atoms with E-state index in [9.17, 15) is 33.1 Å². The van der Waals surface area contributed by atoms with Gasteiger partial charge in [-0.15, -0.1) is 0 Å². The maximum Gasteiger partial charge on any atom is 0.490 e. The van der Waals surface area contributed by atoms with Gasteiger partial charge in [-0.2, -0.15) is 13.6 Å². The van der Waals surface area contributed by atoms with Crippen LogP contribution in [0.15, 0.2) is 41.3 Å². The van der Waals surface area contributed by atoms with Gasteiger partial charge in [0.2, 0.25) is 0 Å². The highest BCUT2D eigenvalue weighted by Gasteiger charge is 2.44. The van der Waals surface area contributed by atoms with Crippen LogP contribution in [-0.4, -0.2) is 53.9 Å². The van der Waals surface area contributed by atoms with Crippen molar-refractivity contribution in [3.8, 4) is 0 Å². The van der Waals surface area contributed by atoms with Crippen molar-refractivity contribution in [2.45, 2.75) is 37.8 Å². The Balaban J connectivity index is 1.82. The number of carbonyl (C=O) groups is 1. The molecule has 0 bridgehead atoms. The second-order valence-electron chi connectivity index (χ2n) is 8.11. The number of benzene rings is 1. The summed E-state index contributed by atoms with van der Waals surface area (Å²) in [7, 11) is -16.9. The first-order chi connectivity index (χ1) is 18.0. The van der Waals surface area contributed by atoms with E-state index in [0.717, 1.165) is 4.57 Å². The van der Waals surface area contributed by atoms with Gasteiger partial charge in [-0.1, -0.05) is 18.2 Å². The molecule has 4 unspecified atom stereocenters. The van der Waals surface area contributed by atoms with Crippen molar-refractivity contribution in [1.82, 2.24) is 9.55 Å². The van der Waals surface area contributed by atoms with Crippen molar-refractivity contribution in [2.75, 3.05) is 12.3 Å². The number of phosphoric ester groups is 1. The van der Waals surface area contributed by atoms with Crippen molar-refractivity contribution >= 4 is 35.3 Å². The molecule has 18 nitrogen and oxygen atoms in total. The summed E-state index contributed by atoms with van der Waals surface area (Å²) >= 11 is 0. The van der Waals surface area contributed by atoms with Gasteiger partial charge in [0.1, 0.15) is 24.3 Å². The van der Waals surface area contributed by atoms with E-state index < -0.39 is 66.2 Å². The molecule has 1 aromatic heterocycles.